The zero-order valence-corrected chi connectivity index (χ0v) is 20.0. The number of fused-ring (bicyclic) bond motifs is 5. The highest BCUT2D eigenvalue weighted by molar-refractivity contribution is 5.85. The molecule has 0 unspecified atom stereocenters. The highest BCUT2D eigenvalue weighted by Crippen LogP contribution is 2.45. The maximum Gasteiger partial charge on any atom is 0.318 e. The van der Waals surface area contributed by atoms with Crippen LogP contribution in [0.5, 0.6) is 17.2 Å². The number of rotatable bonds is 7. The van der Waals surface area contributed by atoms with Crippen LogP contribution < -0.4 is 9.47 Å². The minimum atomic E-state index is -0.445. The molecule has 0 amide bonds. The molecule has 5 nitrogen and oxygen atoms in total. The van der Waals surface area contributed by atoms with Gasteiger partial charge in [-0.3, -0.25) is 4.79 Å². The minimum Gasteiger partial charge on any atom is -0.493 e. The van der Waals surface area contributed by atoms with E-state index in [9.17, 15) is 4.79 Å². The summed E-state index contributed by atoms with van der Waals surface area (Å²) in [5.41, 5.74) is 1.78. The van der Waals surface area contributed by atoms with Crippen molar-refractivity contribution < 1.29 is 23.5 Å². The fourth-order valence-corrected chi connectivity index (χ4v) is 6.16. The van der Waals surface area contributed by atoms with Gasteiger partial charge in [0.25, 0.3) is 0 Å². The first-order valence-corrected chi connectivity index (χ1v) is 12.8. The van der Waals surface area contributed by atoms with E-state index in [0.717, 1.165) is 65.2 Å². The quantitative estimate of drug-likeness (QED) is 0.258. The molecule has 3 saturated heterocycles. The Kier molecular flexibility index (Phi) is 5.95. The van der Waals surface area contributed by atoms with Crippen LogP contribution >= 0.6 is 0 Å². The number of piperidine rings is 3. The summed E-state index contributed by atoms with van der Waals surface area (Å²) in [4.78, 5) is 13.7. The average molecular weight is 471 g/mol. The third-order valence-electron chi connectivity index (χ3n) is 8.01. The topological polar surface area (TPSA) is 44.8 Å². The van der Waals surface area contributed by atoms with Crippen molar-refractivity contribution in [3.05, 3.63) is 90.0 Å². The maximum absolute atomic E-state index is 13.7. The molecular weight excluding hydrogens is 438 g/mol. The van der Waals surface area contributed by atoms with Crippen LogP contribution in [0.2, 0.25) is 0 Å². The number of nitrogens with zero attached hydrogens (tertiary/aromatic N) is 1. The van der Waals surface area contributed by atoms with Gasteiger partial charge in [-0.25, -0.2) is 0 Å². The summed E-state index contributed by atoms with van der Waals surface area (Å²) in [6.07, 6.45) is 3.22. The predicted octanol–water partition coefficient (Wildman–Crippen LogP) is 5.55. The lowest BCUT2D eigenvalue weighted by molar-refractivity contribution is -0.946. The molecule has 3 aromatic rings. The van der Waals surface area contributed by atoms with E-state index < -0.39 is 5.92 Å². The van der Waals surface area contributed by atoms with Crippen molar-refractivity contribution in [1.82, 2.24) is 0 Å². The Balaban J connectivity index is 1.14. The van der Waals surface area contributed by atoms with Crippen molar-refractivity contribution in [2.24, 2.45) is 5.92 Å². The first-order chi connectivity index (χ1) is 17.2. The van der Waals surface area contributed by atoms with Crippen LogP contribution in [0.1, 0.15) is 36.3 Å². The average Bonchev–Trinajstić information content (AvgIpc) is 2.91. The summed E-state index contributed by atoms with van der Waals surface area (Å²) in [7, 11) is 0. The monoisotopic (exact) mass is 470 g/mol. The van der Waals surface area contributed by atoms with Crippen LogP contribution in [0.3, 0.4) is 0 Å². The van der Waals surface area contributed by atoms with E-state index in [1.54, 1.807) is 0 Å². The van der Waals surface area contributed by atoms with Crippen LogP contribution in [0.4, 0.5) is 0 Å². The fraction of sp³-hybridized carbons (Fsp3) is 0.367. The second-order valence-corrected chi connectivity index (χ2v) is 10.1. The second kappa shape index (κ2) is 9.38. The first kappa shape index (κ1) is 22.2. The van der Waals surface area contributed by atoms with Gasteiger partial charge in [0, 0.05) is 36.3 Å². The Morgan fingerprint density at radius 2 is 1.49 bits per heavy atom. The number of para-hydroxylation sites is 3. The molecule has 3 fully saturated rings. The van der Waals surface area contributed by atoms with Gasteiger partial charge in [-0.05, 0) is 24.3 Å². The van der Waals surface area contributed by atoms with Crippen LogP contribution in [0, 0.1) is 5.92 Å². The predicted molar refractivity (Wildman–Crippen MR) is 134 cm³/mol. The van der Waals surface area contributed by atoms with Crippen molar-refractivity contribution in [2.45, 2.75) is 31.3 Å². The van der Waals surface area contributed by atoms with Crippen molar-refractivity contribution in [3.8, 4) is 17.2 Å². The van der Waals surface area contributed by atoms with E-state index in [1.165, 1.54) is 13.1 Å². The normalized spacial score (nSPS) is 24.7. The standard InChI is InChI=1S/C30H32NO4/c32-30(29-24-11-4-6-13-26(24)34-27-14-7-5-12-25(27)29)35-28-21-31(18-15-22(28)16-19-31)17-8-20-33-23-9-2-1-3-10-23/h1-7,9-14,22,28-29H,8,15-21H2/q+1/t22?,28-,31?/m0/s1. The van der Waals surface area contributed by atoms with Crippen molar-refractivity contribution in [2.75, 3.05) is 32.8 Å². The number of ether oxygens (including phenoxy) is 3. The molecule has 3 aromatic carbocycles. The van der Waals surface area contributed by atoms with E-state index in [1.807, 2.05) is 78.9 Å². The molecule has 1 atom stereocenters. The molecule has 0 N–H and O–H groups in total. The molecule has 5 heteroatoms. The molecule has 0 aromatic heterocycles. The van der Waals surface area contributed by atoms with Gasteiger partial charge in [-0.2, -0.15) is 0 Å². The smallest absolute Gasteiger partial charge is 0.318 e. The molecule has 0 spiro atoms. The third-order valence-corrected chi connectivity index (χ3v) is 8.01. The highest BCUT2D eigenvalue weighted by Gasteiger charge is 2.48. The minimum absolute atomic E-state index is 0.0257. The van der Waals surface area contributed by atoms with Gasteiger partial charge in [-0.1, -0.05) is 54.6 Å². The fourth-order valence-electron chi connectivity index (χ4n) is 6.16. The summed E-state index contributed by atoms with van der Waals surface area (Å²) in [5, 5.41) is 0. The van der Waals surface area contributed by atoms with Gasteiger partial charge in [0.2, 0.25) is 0 Å². The van der Waals surface area contributed by atoms with Gasteiger partial charge < -0.3 is 18.7 Å². The van der Waals surface area contributed by atoms with Crippen LogP contribution in [0.15, 0.2) is 78.9 Å². The molecule has 4 aliphatic rings. The molecule has 7 rings (SSSR count). The van der Waals surface area contributed by atoms with E-state index in [2.05, 4.69) is 0 Å². The molecule has 35 heavy (non-hydrogen) atoms. The van der Waals surface area contributed by atoms with Crippen molar-refractivity contribution in [1.29, 1.82) is 0 Å². The lowest BCUT2D eigenvalue weighted by Crippen LogP contribution is -2.64. The van der Waals surface area contributed by atoms with Gasteiger partial charge in [0.1, 0.15) is 29.7 Å². The largest absolute Gasteiger partial charge is 0.493 e. The Labute approximate surface area is 206 Å². The summed E-state index contributed by atoms with van der Waals surface area (Å²) in [6.45, 7) is 5.04. The summed E-state index contributed by atoms with van der Waals surface area (Å²) < 4.78 is 19.4. The zero-order chi connectivity index (χ0) is 23.7. The Bertz CT molecular complexity index is 1140. The lowest BCUT2D eigenvalue weighted by atomic mass is 9.82. The molecule has 4 aliphatic heterocycles. The SMILES string of the molecule is O=C(O[C@H]1C[N+]2(CCCOc3ccccc3)CCC1CC2)C1c2ccccc2Oc2ccccc21. The Morgan fingerprint density at radius 1 is 0.857 bits per heavy atom. The number of hydrogen-bond donors (Lipinski definition) is 0. The van der Waals surface area contributed by atoms with Crippen LogP contribution in [0.25, 0.3) is 0 Å². The zero-order valence-electron chi connectivity index (χ0n) is 20.0. The van der Waals surface area contributed by atoms with Gasteiger partial charge in [0.15, 0.2) is 6.10 Å². The number of carbonyl (C=O) groups excluding carboxylic acids is 1. The maximum atomic E-state index is 13.7. The lowest BCUT2D eigenvalue weighted by Gasteiger charge is -2.52. The molecule has 0 saturated carbocycles. The van der Waals surface area contributed by atoms with E-state index in [4.69, 9.17) is 14.2 Å². The summed E-state index contributed by atoms with van der Waals surface area (Å²) >= 11 is 0. The number of quaternary nitrogens is 1. The first-order valence-electron chi connectivity index (χ1n) is 12.8. The number of benzene rings is 3. The van der Waals surface area contributed by atoms with Gasteiger partial charge in [0.05, 0.1) is 26.2 Å². The summed E-state index contributed by atoms with van der Waals surface area (Å²) in [6, 6.07) is 25.6. The highest BCUT2D eigenvalue weighted by atomic mass is 16.5. The van der Waals surface area contributed by atoms with Gasteiger partial charge >= 0.3 is 5.97 Å². The molecule has 0 aliphatic carbocycles. The van der Waals surface area contributed by atoms with Crippen LogP contribution in [-0.2, 0) is 9.53 Å². The van der Waals surface area contributed by atoms with E-state index >= 15 is 0 Å². The molecule has 2 bridgehead atoms. The van der Waals surface area contributed by atoms with Crippen molar-refractivity contribution >= 4 is 5.97 Å². The molecule has 180 valence electrons. The third kappa shape index (κ3) is 4.41. The van der Waals surface area contributed by atoms with E-state index in [-0.39, 0.29) is 12.1 Å². The molecule has 0 radical (unpaired) electrons. The number of hydrogen-bond acceptors (Lipinski definition) is 4. The Morgan fingerprint density at radius 3 is 2.17 bits per heavy atom. The van der Waals surface area contributed by atoms with Crippen LogP contribution in [-0.4, -0.2) is 49.3 Å². The van der Waals surface area contributed by atoms with Crippen molar-refractivity contribution in [3.63, 3.8) is 0 Å². The number of carbonyl (C=O) groups is 1. The Hall–Kier alpha value is -3.31. The number of esters is 1. The second-order valence-electron chi connectivity index (χ2n) is 10.1. The summed E-state index contributed by atoms with van der Waals surface area (Å²) in [5.74, 6) is 2.27. The molecular formula is C30H32NO4+. The van der Waals surface area contributed by atoms with Gasteiger partial charge in [-0.15, -0.1) is 0 Å². The van der Waals surface area contributed by atoms with E-state index in [0.29, 0.717) is 12.5 Å². The molecule has 4 heterocycles.